The zero-order valence-electron chi connectivity index (χ0n) is 14.1. The SMILES string of the molecule is Nc1ncnc2c1cnn2C(N(CCN1CCOCC1)C(=O)O)C(Cl)(Cl)Cl. The second-order valence-electron chi connectivity index (χ2n) is 5.93. The van der Waals surface area contributed by atoms with E-state index >= 15 is 0 Å². The molecule has 0 saturated carbocycles. The summed E-state index contributed by atoms with van der Waals surface area (Å²) in [5.41, 5.74) is 6.09. The Balaban J connectivity index is 1.93. The van der Waals surface area contributed by atoms with Crippen molar-refractivity contribution in [3.63, 3.8) is 0 Å². The first-order valence-electron chi connectivity index (χ1n) is 8.09. The van der Waals surface area contributed by atoms with E-state index in [4.69, 9.17) is 45.3 Å². The number of nitrogens with two attached hydrogens (primary N) is 1. The molecular weight excluding hydrogens is 421 g/mol. The predicted molar refractivity (Wildman–Crippen MR) is 101 cm³/mol. The second kappa shape index (κ2) is 8.19. The summed E-state index contributed by atoms with van der Waals surface area (Å²) in [6, 6.07) is 0. The number of nitrogen functional groups attached to an aromatic ring is 1. The first-order chi connectivity index (χ1) is 12.8. The summed E-state index contributed by atoms with van der Waals surface area (Å²) >= 11 is 18.4. The van der Waals surface area contributed by atoms with Gasteiger partial charge < -0.3 is 15.6 Å². The molecular formula is C14H18Cl3N7O3. The number of alkyl halides is 3. The molecule has 1 atom stereocenters. The number of carbonyl (C=O) groups is 1. The molecule has 2 aromatic rings. The van der Waals surface area contributed by atoms with E-state index in [0.29, 0.717) is 38.2 Å². The lowest BCUT2D eigenvalue weighted by atomic mass is 10.3. The van der Waals surface area contributed by atoms with Gasteiger partial charge in [0.15, 0.2) is 11.8 Å². The largest absolute Gasteiger partial charge is 0.465 e. The molecule has 1 saturated heterocycles. The third kappa shape index (κ3) is 4.46. The summed E-state index contributed by atoms with van der Waals surface area (Å²) in [5, 5.41) is 14.4. The summed E-state index contributed by atoms with van der Waals surface area (Å²) in [4.78, 5) is 23.1. The minimum absolute atomic E-state index is 0.107. The third-order valence-electron chi connectivity index (χ3n) is 4.25. The Labute approximate surface area is 169 Å². The highest BCUT2D eigenvalue weighted by Crippen LogP contribution is 2.41. The van der Waals surface area contributed by atoms with Crippen LogP contribution in [0.4, 0.5) is 10.6 Å². The summed E-state index contributed by atoms with van der Waals surface area (Å²) in [7, 11) is 0. The molecule has 1 unspecified atom stereocenters. The number of anilines is 1. The summed E-state index contributed by atoms with van der Waals surface area (Å²) < 4.78 is 4.54. The van der Waals surface area contributed by atoms with E-state index in [1.54, 1.807) is 0 Å². The second-order valence-corrected chi connectivity index (χ2v) is 8.30. The average Bonchev–Trinajstić information content (AvgIpc) is 3.03. The number of hydrogen-bond acceptors (Lipinski definition) is 7. The molecule has 3 N–H and O–H groups in total. The van der Waals surface area contributed by atoms with Crippen molar-refractivity contribution in [1.29, 1.82) is 0 Å². The number of ether oxygens (including phenoxy) is 1. The minimum atomic E-state index is -2.00. The van der Waals surface area contributed by atoms with Crippen molar-refractivity contribution >= 4 is 57.7 Å². The number of morpholine rings is 1. The quantitative estimate of drug-likeness (QED) is 0.675. The van der Waals surface area contributed by atoms with E-state index in [9.17, 15) is 9.90 Å². The molecule has 0 radical (unpaired) electrons. The number of carboxylic acid groups (broad SMARTS) is 1. The maximum absolute atomic E-state index is 12.0. The number of halogens is 3. The van der Waals surface area contributed by atoms with Gasteiger partial charge in [-0.1, -0.05) is 34.8 Å². The molecule has 10 nitrogen and oxygen atoms in total. The van der Waals surface area contributed by atoms with Crippen molar-refractivity contribution in [3.8, 4) is 0 Å². The van der Waals surface area contributed by atoms with Crippen molar-refractivity contribution in [3.05, 3.63) is 12.5 Å². The van der Waals surface area contributed by atoms with Crippen molar-refractivity contribution in [2.75, 3.05) is 45.1 Å². The fourth-order valence-electron chi connectivity index (χ4n) is 2.90. The van der Waals surface area contributed by atoms with Crippen LogP contribution in [0, 0.1) is 0 Å². The monoisotopic (exact) mass is 437 g/mol. The molecule has 1 amide bonds. The van der Waals surface area contributed by atoms with Crippen molar-refractivity contribution in [2.24, 2.45) is 0 Å². The Morgan fingerprint density at radius 2 is 2.07 bits per heavy atom. The number of aromatic nitrogens is 4. The van der Waals surface area contributed by atoms with Gasteiger partial charge in [0, 0.05) is 26.2 Å². The van der Waals surface area contributed by atoms with E-state index in [2.05, 4.69) is 20.0 Å². The van der Waals surface area contributed by atoms with E-state index in [1.165, 1.54) is 17.2 Å². The smallest absolute Gasteiger partial charge is 0.409 e. The summed E-state index contributed by atoms with van der Waals surface area (Å²) in [6.45, 7) is 3.18. The molecule has 1 aliphatic heterocycles. The Hall–Kier alpha value is -1.59. The molecule has 0 aromatic carbocycles. The van der Waals surface area contributed by atoms with E-state index in [-0.39, 0.29) is 18.0 Å². The van der Waals surface area contributed by atoms with Crippen LogP contribution in [0.5, 0.6) is 0 Å². The minimum Gasteiger partial charge on any atom is -0.465 e. The Morgan fingerprint density at radius 1 is 1.37 bits per heavy atom. The predicted octanol–water partition coefficient (Wildman–Crippen LogP) is 1.59. The van der Waals surface area contributed by atoms with Crippen LogP contribution in [0.3, 0.4) is 0 Å². The molecule has 3 rings (SSSR count). The normalized spacial score (nSPS) is 17.1. The van der Waals surface area contributed by atoms with E-state index in [1.807, 2.05) is 0 Å². The molecule has 1 aliphatic rings. The van der Waals surface area contributed by atoms with Crippen molar-refractivity contribution in [2.45, 2.75) is 9.96 Å². The standard InChI is InChI=1S/C14H18Cl3N7O3/c15-14(16,17)12(24-11-9(7-21-24)10(18)19-8-20-11)23(13(25)26)2-1-22-3-5-27-6-4-22/h7-8,12H,1-6H2,(H,25,26)(H2,18,19,20). The number of fused-ring (bicyclic) bond motifs is 1. The highest BCUT2D eigenvalue weighted by molar-refractivity contribution is 6.67. The molecule has 148 valence electrons. The zero-order valence-corrected chi connectivity index (χ0v) is 16.4. The molecule has 0 aliphatic carbocycles. The number of nitrogens with zero attached hydrogens (tertiary/aromatic N) is 6. The van der Waals surface area contributed by atoms with Crippen LogP contribution in [0.1, 0.15) is 6.17 Å². The van der Waals surface area contributed by atoms with Crippen LogP contribution in [-0.4, -0.2) is 83.9 Å². The van der Waals surface area contributed by atoms with Crippen LogP contribution in [-0.2, 0) is 4.74 Å². The third-order valence-corrected chi connectivity index (χ3v) is 4.83. The lowest BCUT2D eigenvalue weighted by Gasteiger charge is -2.36. The molecule has 27 heavy (non-hydrogen) atoms. The van der Waals surface area contributed by atoms with Gasteiger partial charge >= 0.3 is 6.09 Å². The van der Waals surface area contributed by atoms with Crippen molar-refractivity contribution < 1.29 is 14.6 Å². The van der Waals surface area contributed by atoms with Crippen molar-refractivity contribution in [1.82, 2.24) is 29.5 Å². The number of amides is 1. The Morgan fingerprint density at radius 3 is 2.70 bits per heavy atom. The van der Waals surface area contributed by atoms with Gasteiger partial charge in [0.05, 0.1) is 24.8 Å². The number of rotatable bonds is 5. The number of hydrogen-bond donors (Lipinski definition) is 2. The van der Waals surface area contributed by atoms with E-state index < -0.39 is 16.1 Å². The summed E-state index contributed by atoms with van der Waals surface area (Å²) in [5.74, 6) is 0.199. The fourth-order valence-corrected chi connectivity index (χ4v) is 3.53. The maximum atomic E-state index is 12.0. The lowest BCUT2D eigenvalue weighted by Crippen LogP contribution is -2.48. The first kappa shape index (κ1) is 20.2. The Bertz CT molecular complexity index is 807. The molecule has 0 spiro atoms. The molecule has 2 aromatic heterocycles. The van der Waals surface area contributed by atoms with Gasteiger partial charge in [-0.15, -0.1) is 0 Å². The molecule has 3 heterocycles. The molecule has 1 fully saturated rings. The van der Waals surface area contributed by atoms with E-state index in [0.717, 1.165) is 4.90 Å². The molecule has 0 bridgehead atoms. The lowest BCUT2D eigenvalue weighted by molar-refractivity contribution is 0.0279. The fraction of sp³-hybridized carbons (Fsp3) is 0.571. The summed E-state index contributed by atoms with van der Waals surface area (Å²) in [6.07, 6.45) is 0.165. The van der Waals surface area contributed by atoms with Crippen LogP contribution < -0.4 is 5.73 Å². The van der Waals surface area contributed by atoms with Gasteiger partial charge in [0.2, 0.25) is 3.79 Å². The first-order valence-corrected chi connectivity index (χ1v) is 9.22. The Kier molecular flexibility index (Phi) is 6.11. The van der Waals surface area contributed by atoms with Crippen LogP contribution >= 0.6 is 34.8 Å². The average molecular weight is 439 g/mol. The maximum Gasteiger partial charge on any atom is 0.409 e. The highest BCUT2D eigenvalue weighted by atomic mass is 35.6. The van der Waals surface area contributed by atoms with Gasteiger partial charge in [-0.05, 0) is 0 Å². The topological polar surface area (TPSA) is 123 Å². The highest BCUT2D eigenvalue weighted by Gasteiger charge is 2.43. The molecule has 13 heteroatoms. The van der Waals surface area contributed by atoms with Crippen LogP contribution in [0.15, 0.2) is 12.5 Å². The van der Waals surface area contributed by atoms with Crippen LogP contribution in [0.2, 0.25) is 0 Å². The van der Waals surface area contributed by atoms with Crippen LogP contribution in [0.25, 0.3) is 11.0 Å². The van der Waals surface area contributed by atoms with Gasteiger partial charge in [-0.2, -0.15) is 5.10 Å². The van der Waals surface area contributed by atoms with Gasteiger partial charge in [-0.3, -0.25) is 9.80 Å². The van der Waals surface area contributed by atoms with Gasteiger partial charge in [0.1, 0.15) is 12.1 Å². The zero-order chi connectivity index (χ0) is 19.6. The van der Waals surface area contributed by atoms with Gasteiger partial charge in [-0.25, -0.2) is 19.4 Å². The van der Waals surface area contributed by atoms with Gasteiger partial charge in [0.25, 0.3) is 0 Å².